The smallest absolute Gasteiger partial charge is 0.235 e. The molecule has 2 aliphatic carbocycles. The van der Waals surface area contributed by atoms with Gasteiger partial charge in [0.25, 0.3) is 0 Å². The zero-order valence-electron chi connectivity index (χ0n) is 10.6. The van der Waals surface area contributed by atoms with E-state index in [4.69, 9.17) is 9.47 Å². The number of carbonyl (C=O) groups excluding carboxylic acids is 1. The first kappa shape index (κ1) is 12.2. The maximum Gasteiger partial charge on any atom is 0.235 e. The van der Waals surface area contributed by atoms with Crippen molar-refractivity contribution in [2.24, 2.45) is 4.99 Å². The molecular formula is C14H14FNO3. The van der Waals surface area contributed by atoms with Gasteiger partial charge < -0.3 is 9.47 Å². The second-order valence-electron chi connectivity index (χ2n) is 5.04. The molecule has 0 radical (unpaired) electrons. The first-order valence-electron chi connectivity index (χ1n) is 6.32. The number of aliphatic imine (C=N–C) groups is 1. The van der Waals surface area contributed by atoms with Crippen molar-refractivity contribution in [1.29, 1.82) is 0 Å². The molecular weight excluding hydrogens is 249 g/mol. The van der Waals surface area contributed by atoms with E-state index in [0.29, 0.717) is 29.9 Å². The Labute approximate surface area is 110 Å². The summed E-state index contributed by atoms with van der Waals surface area (Å²) in [4.78, 5) is 14.4. The summed E-state index contributed by atoms with van der Waals surface area (Å²) in [5, 5.41) is 0. The largest absolute Gasteiger partial charge is 0.493 e. The molecule has 1 aromatic carbocycles. The molecule has 2 aliphatic rings. The lowest BCUT2D eigenvalue weighted by molar-refractivity contribution is 0.275. The van der Waals surface area contributed by atoms with Crippen molar-refractivity contribution < 1.29 is 18.7 Å². The van der Waals surface area contributed by atoms with E-state index in [-0.39, 0.29) is 6.10 Å². The van der Waals surface area contributed by atoms with Crippen LogP contribution in [0.1, 0.15) is 31.2 Å². The second kappa shape index (κ2) is 4.35. The summed E-state index contributed by atoms with van der Waals surface area (Å²) >= 11 is 0. The Morgan fingerprint density at radius 1 is 1.42 bits per heavy atom. The molecule has 0 saturated heterocycles. The molecule has 0 spiro atoms. The van der Waals surface area contributed by atoms with Gasteiger partial charge in [0.15, 0.2) is 11.5 Å². The van der Waals surface area contributed by atoms with Crippen molar-refractivity contribution >= 4 is 6.08 Å². The highest BCUT2D eigenvalue weighted by Crippen LogP contribution is 2.55. The quantitative estimate of drug-likeness (QED) is 0.606. The molecule has 1 aromatic rings. The zero-order chi connectivity index (χ0) is 13.5. The van der Waals surface area contributed by atoms with Crippen molar-refractivity contribution in [3.8, 4) is 11.5 Å². The number of hydrogen-bond donors (Lipinski definition) is 0. The first-order valence-corrected chi connectivity index (χ1v) is 6.32. The standard InChI is InChI=1S/C14H14FNO3/c1-18-12-7-9(15)6-11(13(12)19-10-2-3-10)14(4-5-14)16-8-17/h6-7,10H,2-5H2,1H3. The van der Waals surface area contributed by atoms with Crippen LogP contribution in [0.2, 0.25) is 0 Å². The van der Waals surface area contributed by atoms with Crippen LogP contribution in [0.5, 0.6) is 11.5 Å². The highest BCUT2D eigenvalue weighted by atomic mass is 19.1. The lowest BCUT2D eigenvalue weighted by Crippen LogP contribution is -2.10. The van der Waals surface area contributed by atoms with Gasteiger partial charge in [-0.3, -0.25) is 0 Å². The second-order valence-corrected chi connectivity index (χ2v) is 5.04. The monoisotopic (exact) mass is 263 g/mol. The van der Waals surface area contributed by atoms with E-state index < -0.39 is 11.4 Å². The Bertz CT molecular complexity index is 558. The van der Waals surface area contributed by atoms with Crippen LogP contribution >= 0.6 is 0 Å². The topological polar surface area (TPSA) is 47.9 Å². The molecule has 0 aromatic heterocycles. The highest BCUT2D eigenvalue weighted by molar-refractivity contribution is 5.54. The fourth-order valence-corrected chi connectivity index (χ4v) is 2.19. The minimum absolute atomic E-state index is 0.161. The fraction of sp³-hybridized carbons (Fsp3) is 0.500. The predicted octanol–water partition coefficient (Wildman–Crippen LogP) is 2.70. The maximum absolute atomic E-state index is 13.7. The zero-order valence-corrected chi connectivity index (χ0v) is 10.6. The molecule has 2 saturated carbocycles. The number of isocyanates is 1. The molecule has 0 unspecified atom stereocenters. The van der Waals surface area contributed by atoms with E-state index in [9.17, 15) is 9.18 Å². The van der Waals surface area contributed by atoms with Gasteiger partial charge in [-0.05, 0) is 31.7 Å². The molecule has 0 heterocycles. The summed E-state index contributed by atoms with van der Waals surface area (Å²) in [7, 11) is 1.47. The van der Waals surface area contributed by atoms with Gasteiger partial charge in [-0.25, -0.2) is 9.18 Å². The van der Waals surface area contributed by atoms with Crippen LogP contribution < -0.4 is 9.47 Å². The lowest BCUT2D eigenvalue weighted by atomic mass is 10.0. The van der Waals surface area contributed by atoms with Crippen LogP contribution in [0.3, 0.4) is 0 Å². The number of hydrogen-bond acceptors (Lipinski definition) is 4. The minimum atomic E-state index is -0.665. The van der Waals surface area contributed by atoms with Gasteiger partial charge in [0.2, 0.25) is 6.08 Å². The molecule has 0 bridgehead atoms. The summed E-state index contributed by atoms with van der Waals surface area (Å²) in [6.07, 6.45) is 5.13. The third-order valence-corrected chi connectivity index (χ3v) is 3.53. The van der Waals surface area contributed by atoms with E-state index in [1.165, 1.54) is 19.2 Å². The van der Waals surface area contributed by atoms with E-state index in [2.05, 4.69) is 4.99 Å². The molecule has 100 valence electrons. The molecule has 2 fully saturated rings. The number of halogens is 1. The lowest BCUT2D eigenvalue weighted by Gasteiger charge is -2.18. The van der Waals surface area contributed by atoms with Gasteiger partial charge in [0, 0.05) is 11.6 Å². The first-order chi connectivity index (χ1) is 9.18. The third-order valence-electron chi connectivity index (χ3n) is 3.53. The van der Waals surface area contributed by atoms with Crippen molar-refractivity contribution in [3.63, 3.8) is 0 Å². The number of rotatable bonds is 5. The average Bonchev–Trinajstić information content (AvgIpc) is 3.27. The van der Waals surface area contributed by atoms with Gasteiger partial charge in [0.1, 0.15) is 11.4 Å². The van der Waals surface area contributed by atoms with Crippen LogP contribution in [-0.4, -0.2) is 19.3 Å². The Balaban J connectivity index is 2.09. The van der Waals surface area contributed by atoms with Crippen LogP contribution in [0.4, 0.5) is 4.39 Å². The Kier molecular flexibility index (Phi) is 2.79. The van der Waals surface area contributed by atoms with E-state index in [0.717, 1.165) is 12.8 Å². The number of benzene rings is 1. The third kappa shape index (κ3) is 2.22. The number of nitrogens with zero attached hydrogens (tertiary/aromatic N) is 1. The minimum Gasteiger partial charge on any atom is -0.493 e. The normalized spacial score (nSPS) is 19.5. The molecule has 0 atom stereocenters. The molecule has 3 rings (SSSR count). The van der Waals surface area contributed by atoms with Gasteiger partial charge in [-0.15, -0.1) is 0 Å². The maximum atomic E-state index is 13.7. The SMILES string of the molecule is COc1cc(F)cc(C2(N=C=O)CC2)c1OC1CC1. The fourth-order valence-electron chi connectivity index (χ4n) is 2.19. The van der Waals surface area contributed by atoms with E-state index >= 15 is 0 Å². The van der Waals surface area contributed by atoms with E-state index in [1.807, 2.05) is 0 Å². The Morgan fingerprint density at radius 3 is 2.68 bits per heavy atom. The van der Waals surface area contributed by atoms with Crippen LogP contribution in [0, 0.1) is 5.82 Å². The number of methoxy groups -OCH3 is 1. The van der Waals surface area contributed by atoms with Crippen LogP contribution in [-0.2, 0) is 10.3 Å². The van der Waals surface area contributed by atoms with Crippen LogP contribution in [0.15, 0.2) is 17.1 Å². The Hall–Kier alpha value is -1.87. The van der Waals surface area contributed by atoms with Gasteiger partial charge in [-0.2, -0.15) is 4.99 Å². The van der Waals surface area contributed by atoms with Crippen molar-refractivity contribution in [2.45, 2.75) is 37.3 Å². The summed E-state index contributed by atoms with van der Waals surface area (Å²) < 4.78 is 24.7. The molecule has 19 heavy (non-hydrogen) atoms. The molecule has 0 amide bonds. The molecule has 0 aliphatic heterocycles. The molecule has 0 N–H and O–H groups in total. The van der Waals surface area contributed by atoms with E-state index in [1.54, 1.807) is 6.08 Å². The average molecular weight is 263 g/mol. The molecule has 4 nitrogen and oxygen atoms in total. The van der Waals surface area contributed by atoms with Gasteiger partial charge in [-0.1, -0.05) is 0 Å². The molecule has 5 heteroatoms. The van der Waals surface area contributed by atoms with Crippen molar-refractivity contribution in [3.05, 3.63) is 23.5 Å². The predicted molar refractivity (Wildman–Crippen MR) is 65.6 cm³/mol. The van der Waals surface area contributed by atoms with Gasteiger partial charge in [0.05, 0.1) is 13.2 Å². The summed E-state index contributed by atoms with van der Waals surface area (Å²) in [5.74, 6) is 0.458. The summed E-state index contributed by atoms with van der Waals surface area (Å²) in [5.41, 5.74) is -0.0685. The Morgan fingerprint density at radius 2 is 2.16 bits per heavy atom. The van der Waals surface area contributed by atoms with Crippen molar-refractivity contribution in [1.82, 2.24) is 0 Å². The van der Waals surface area contributed by atoms with Crippen LogP contribution in [0.25, 0.3) is 0 Å². The summed E-state index contributed by atoms with van der Waals surface area (Å²) in [6.45, 7) is 0. The van der Waals surface area contributed by atoms with Gasteiger partial charge >= 0.3 is 0 Å². The number of ether oxygens (including phenoxy) is 2. The summed E-state index contributed by atoms with van der Waals surface area (Å²) in [6, 6.07) is 2.68. The van der Waals surface area contributed by atoms with Crippen molar-refractivity contribution in [2.75, 3.05) is 7.11 Å². The highest BCUT2D eigenvalue weighted by Gasteiger charge is 2.48.